The van der Waals surface area contributed by atoms with Crippen LogP contribution in [0.25, 0.3) is 0 Å². The van der Waals surface area contributed by atoms with Gasteiger partial charge in [-0.2, -0.15) is 0 Å². The van der Waals surface area contributed by atoms with Crippen molar-refractivity contribution in [3.8, 4) is 11.5 Å². The SMILES string of the molecule is CCCOc1ccc(Br)cc1C(=O)NNC(=O)COc1ccc(C(C)(C)C)cc1Br. The predicted octanol–water partition coefficient (Wildman–Crippen LogP) is 5.14. The van der Waals surface area contributed by atoms with Gasteiger partial charge in [0.05, 0.1) is 16.6 Å². The molecule has 0 radical (unpaired) electrons. The average Bonchev–Trinajstić information content (AvgIpc) is 2.69. The lowest BCUT2D eigenvalue weighted by molar-refractivity contribution is -0.123. The minimum atomic E-state index is -0.485. The van der Waals surface area contributed by atoms with Gasteiger partial charge in [-0.3, -0.25) is 20.4 Å². The van der Waals surface area contributed by atoms with Crippen molar-refractivity contribution >= 4 is 43.7 Å². The highest BCUT2D eigenvalue weighted by Gasteiger charge is 2.17. The van der Waals surface area contributed by atoms with Gasteiger partial charge in [0.15, 0.2) is 6.61 Å². The first-order valence-electron chi connectivity index (χ1n) is 9.56. The predicted molar refractivity (Wildman–Crippen MR) is 124 cm³/mol. The van der Waals surface area contributed by atoms with Gasteiger partial charge in [0.1, 0.15) is 11.5 Å². The third-order valence-electron chi connectivity index (χ3n) is 4.12. The van der Waals surface area contributed by atoms with Gasteiger partial charge in [0, 0.05) is 4.47 Å². The van der Waals surface area contributed by atoms with Crippen molar-refractivity contribution in [1.82, 2.24) is 10.9 Å². The molecule has 0 aliphatic heterocycles. The normalized spacial score (nSPS) is 11.0. The van der Waals surface area contributed by atoms with Crippen LogP contribution >= 0.6 is 31.9 Å². The number of carbonyl (C=O) groups excluding carboxylic acids is 2. The molecule has 2 amide bonds. The summed E-state index contributed by atoms with van der Waals surface area (Å²) in [4.78, 5) is 24.6. The maximum absolute atomic E-state index is 12.5. The van der Waals surface area contributed by atoms with E-state index in [1.165, 1.54) is 0 Å². The van der Waals surface area contributed by atoms with E-state index in [-0.39, 0.29) is 12.0 Å². The fourth-order valence-corrected chi connectivity index (χ4v) is 3.33. The summed E-state index contributed by atoms with van der Waals surface area (Å²) in [6, 6.07) is 10.9. The van der Waals surface area contributed by atoms with E-state index in [0.29, 0.717) is 23.7 Å². The van der Waals surface area contributed by atoms with E-state index in [4.69, 9.17) is 9.47 Å². The number of hydrogen-bond donors (Lipinski definition) is 2. The molecule has 0 fully saturated rings. The molecule has 0 saturated heterocycles. The summed E-state index contributed by atoms with van der Waals surface area (Å²) >= 11 is 6.81. The number of amides is 2. The highest BCUT2D eigenvalue weighted by molar-refractivity contribution is 9.10. The number of carbonyl (C=O) groups is 2. The molecule has 2 N–H and O–H groups in total. The van der Waals surface area contributed by atoms with E-state index in [2.05, 4.69) is 63.5 Å². The Hall–Kier alpha value is -2.06. The molecule has 0 bridgehead atoms. The molecule has 0 heterocycles. The number of hydrogen-bond acceptors (Lipinski definition) is 4. The van der Waals surface area contributed by atoms with Gasteiger partial charge in [-0.15, -0.1) is 0 Å². The number of nitrogens with one attached hydrogen (secondary N) is 2. The van der Waals surface area contributed by atoms with Gasteiger partial charge in [0.2, 0.25) is 0 Å². The molecular weight excluding hydrogens is 516 g/mol. The summed E-state index contributed by atoms with van der Waals surface area (Å²) in [5.74, 6) is 0.0327. The van der Waals surface area contributed by atoms with Crippen LogP contribution in [-0.2, 0) is 10.2 Å². The third kappa shape index (κ3) is 7.02. The minimum absolute atomic E-state index is 0.00877. The molecule has 0 atom stereocenters. The standard InChI is InChI=1S/C22H26Br2N2O4/c1-5-10-29-18-9-7-15(23)12-16(18)21(28)26-25-20(27)13-30-19-8-6-14(11-17(19)24)22(2,3)4/h6-9,11-12H,5,10,13H2,1-4H3,(H,25,27)(H,26,28). The van der Waals surface area contributed by atoms with Crippen molar-refractivity contribution < 1.29 is 19.1 Å². The van der Waals surface area contributed by atoms with E-state index in [1.54, 1.807) is 18.2 Å². The van der Waals surface area contributed by atoms with Gasteiger partial charge in [-0.1, -0.05) is 49.7 Å². The lowest BCUT2D eigenvalue weighted by atomic mass is 9.87. The van der Waals surface area contributed by atoms with Crippen molar-refractivity contribution in [2.45, 2.75) is 39.5 Å². The molecule has 162 valence electrons. The first-order valence-corrected chi connectivity index (χ1v) is 11.1. The van der Waals surface area contributed by atoms with Gasteiger partial charge in [-0.25, -0.2) is 0 Å². The van der Waals surface area contributed by atoms with Crippen LogP contribution < -0.4 is 20.3 Å². The Bertz CT molecular complexity index is 910. The molecule has 2 rings (SSSR count). The molecule has 30 heavy (non-hydrogen) atoms. The van der Waals surface area contributed by atoms with Crippen LogP contribution in [0.4, 0.5) is 0 Å². The van der Waals surface area contributed by atoms with Crippen LogP contribution in [0.5, 0.6) is 11.5 Å². The van der Waals surface area contributed by atoms with Crippen LogP contribution in [0.2, 0.25) is 0 Å². The Balaban J connectivity index is 1.92. The largest absolute Gasteiger partial charge is 0.493 e. The highest BCUT2D eigenvalue weighted by Crippen LogP contribution is 2.31. The second kappa shape index (κ2) is 10.8. The van der Waals surface area contributed by atoms with E-state index in [1.807, 2.05) is 25.1 Å². The van der Waals surface area contributed by atoms with Crippen molar-refractivity contribution in [3.63, 3.8) is 0 Å². The molecule has 6 nitrogen and oxygen atoms in total. The second-order valence-electron chi connectivity index (χ2n) is 7.68. The van der Waals surface area contributed by atoms with E-state index >= 15 is 0 Å². The van der Waals surface area contributed by atoms with E-state index in [0.717, 1.165) is 20.9 Å². The number of halogens is 2. The first kappa shape index (κ1) is 24.2. The molecular formula is C22H26Br2N2O4. The quantitative estimate of drug-likeness (QED) is 0.476. The number of rotatable bonds is 7. The summed E-state index contributed by atoms with van der Waals surface area (Å²) in [7, 11) is 0. The summed E-state index contributed by atoms with van der Waals surface area (Å²) in [6.07, 6.45) is 0.817. The summed E-state index contributed by atoms with van der Waals surface area (Å²) in [6.45, 7) is 8.59. The molecule has 2 aromatic rings. The average molecular weight is 542 g/mol. The fraction of sp³-hybridized carbons (Fsp3) is 0.364. The van der Waals surface area contributed by atoms with Crippen molar-refractivity contribution in [2.24, 2.45) is 0 Å². The van der Waals surface area contributed by atoms with Gasteiger partial charge >= 0.3 is 0 Å². The molecule has 8 heteroatoms. The minimum Gasteiger partial charge on any atom is -0.493 e. The molecule has 0 aliphatic carbocycles. The molecule has 0 aromatic heterocycles. The van der Waals surface area contributed by atoms with Crippen LogP contribution in [-0.4, -0.2) is 25.0 Å². The summed E-state index contributed by atoms with van der Waals surface area (Å²) in [5.41, 5.74) is 6.23. The zero-order valence-electron chi connectivity index (χ0n) is 17.5. The monoisotopic (exact) mass is 540 g/mol. The Kier molecular flexibility index (Phi) is 8.73. The highest BCUT2D eigenvalue weighted by atomic mass is 79.9. The lowest BCUT2D eigenvalue weighted by Gasteiger charge is -2.20. The maximum atomic E-state index is 12.5. The lowest BCUT2D eigenvalue weighted by Crippen LogP contribution is -2.44. The molecule has 0 aliphatic rings. The van der Waals surface area contributed by atoms with Crippen LogP contribution in [0.15, 0.2) is 45.3 Å². The van der Waals surface area contributed by atoms with Crippen molar-refractivity contribution in [1.29, 1.82) is 0 Å². The van der Waals surface area contributed by atoms with Crippen molar-refractivity contribution in [2.75, 3.05) is 13.2 Å². The van der Waals surface area contributed by atoms with Crippen LogP contribution in [0.3, 0.4) is 0 Å². The maximum Gasteiger partial charge on any atom is 0.276 e. The van der Waals surface area contributed by atoms with Crippen LogP contribution in [0, 0.1) is 0 Å². The zero-order valence-corrected chi connectivity index (χ0v) is 20.6. The van der Waals surface area contributed by atoms with Crippen molar-refractivity contribution in [3.05, 3.63) is 56.5 Å². The van der Waals surface area contributed by atoms with Crippen LogP contribution in [0.1, 0.15) is 50.0 Å². The Labute approximate surface area is 193 Å². The number of ether oxygens (including phenoxy) is 2. The first-order chi connectivity index (χ1) is 14.1. The second-order valence-corrected chi connectivity index (χ2v) is 9.45. The molecule has 0 unspecified atom stereocenters. The third-order valence-corrected chi connectivity index (χ3v) is 5.23. The summed E-state index contributed by atoms with van der Waals surface area (Å²) in [5, 5.41) is 0. The molecule has 2 aromatic carbocycles. The fourth-order valence-electron chi connectivity index (χ4n) is 2.48. The summed E-state index contributed by atoms with van der Waals surface area (Å²) < 4.78 is 12.6. The smallest absolute Gasteiger partial charge is 0.276 e. The number of benzene rings is 2. The Morgan fingerprint density at radius 1 is 0.967 bits per heavy atom. The molecule has 0 spiro atoms. The Morgan fingerprint density at radius 2 is 1.67 bits per heavy atom. The van der Waals surface area contributed by atoms with E-state index < -0.39 is 11.8 Å². The zero-order chi connectivity index (χ0) is 22.3. The molecule has 0 saturated carbocycles. The number of hydrazine groups is 1. The van der Waals surface area contributed by atoms with Gasteiger partial charge in [0.25, 0.3) is 11.8 Å². The van der Waals surface area contributed by atoms with Gasteiger partial charge < -0.3 is 9.47 Å². The topological polar surface area (TPSA) is 76.7 Å². The van der Waals surface area contributed by atoms with Gasteiger partial charge in [-0.05, 0) is 63.7 Å². The Morgan fingerprint density at radius 3 is 2.30 bits per heavy atom. The van der Waals surface area contributed by atoms with E-state index in [9.17, 15) is 9.59 Å².